The molecule has 2 rings (SSSR count). The summed E-state index contributed by atoms with van der Waals surface area (Å²) in [7, 11) is 3.49. The average Bonchev–Trinajstić information content (AvgIpc) is 2.96. The summed E-state index contributed by atoms with van der Waals surface area (Å²) in [6.45, 7) is 4.13. The normalized spacial score (nSPS) is 22.7. The van der Waals surface area contributed by atoms with E-state index in [2.05, 4.69) is 24.0 Å². The molecule has 0 spiro atoms. The third-order valence-corrected chi connectivity index (χ3v) is 4.22. The predicted molar refractivity (Wildman–Crippen MR) is 81.0 cm³/mol. The summed E-state index contributed by atoms with van der Waals surface area (Å²) in [5, 5.41) is 0. The molecule has 3 atom stereocenters. The Labute approximate surface area is 121 Å². The molecule has 0 saturated carbocycles. The van der Waals surface area contributed by atoms with Gasteiger partial charge in [0.1, 0.15) is 5.75 Å². The van der Waals surface area contributed by atoms with Crippen LogP contribution in [-0.2, 0) is 4.74 Å². The quantitative estimate of drug-likeness (QED) is 0.866. The lowest BCUT2D eigenvalue weighted by Crippen LogP contribution is -2.40. The zero-order chi connectivity index (χ0) is 14.5. The monoisotopic (exact) mass is 278 g/mol. The van der Waals surface area contributed by atoms with Crippen molar-refractivity contribution in [2.75, 3.05) is 27.3 Å². The lowest BCUT2D eigenvalue weighted by Gasteiger charge is -2.32. The molecule has 1 aliphatic rings. The van der Waals surface area contributed by atoms with Gasteiger partial charge in [-0.2, -0.15) is 0 Å². The molecule has 3 unspecified atom stereocenters. The minimum absolute atomic E-state index is 0.123. The summed E-state index contributed by atoms with van der Waals surface area (Å²) < 4.78 is 10.8. The van der Waals surface area contributed by atoms with Crippen LogP contribution in [0.3, 0.4) is 0 Å². The van der Waals surface area contributed by atoms with Crippen LogP contribution in [0.4, 0.5) is 0 Å². The first-order valence-corrected chi connectivity index (χ1v) is 7.36. The highest BCUT2D eigenvalue weighted by molar-refractivity contribution is 5.31. The fraction of sp³-hybridized carbons (Fsp3) is 0.625. The Hall–Kier alpha value is -1.10. The fourth-order valence-corrected chi connectivity index (χ4v) is 2.98. The number of benzene rings is 1. The maximum atomic E-state index is 6.38. The second kappa shape index (κ2) is 7.07. The van der Waals surface area contributed by atoms with E-state index < -0.39 is 0 Å². The van der Waals surface area contributed by atoms with Gasteiger partial charge in [0.15, 0.2) is 0 Å². The molecule has 1 aromatic rings. The Kier molecular flexibility index (Phi) is 5.40. The molecule has 1 fully saturated rings. The van der Waals surface area contributed by atoms with E-state index in [4.69, 9.17) is 15.2 Å². The van der Waals surface area contributed by atoms with Crippen molar-refractivity contribution < 1.29 is 9.47 Å². The van der Waals surface area contributed by atoms with E-state index in [0.29, 0.717) is 6.10 Å². The SMILES string of the molecule is CCC(N)C(c1cccc(OC)c1)N1CCC(OC)C1. The Bertz CT molecular complexity index is 425. The molecule has 112 valence electrons. The molecule has 4 heteroatoms. The second-order valence-corrected chi connectivity index (χ2v) is 5.43. The van der Waals surface area contributed by atoms with E-state index in [9.17, 15) is 0 Å². The van der Waals surface area contributed by atoms with Gasteiger partial charge >= 0.3 is 0 Å². The largest absolute Gasteiger partial charge is 0.497 e. The number of hydrogen-bond acceptors (Lipinski definition) is 4. The summed E-state index contributed by atoms with van der Waals surface area (Å²) in [5.74, 6) is 0.887. The van der Waals surface area contributed by atoms with Gasteiger partial charge < -0.3 is 15.2 Å². The Morgan fingerprint density at radius 3 is 2.80 bits per heavy atom. The zero-order valence-corrected chi connectivity index (χ0v) is 12.7. The van der Waals surface area contributed by atoms with Crippen LogP contribution in [0.2, 0.25) is 0 Å². The third kappa shape index (κ3) is 3.32. The van der Waals surface area contributed by atoms with E-state index >= 15 is 0 Å². The van der Waals surface area contributed by atoms with Crippen molar-refractivity contribution in [2.45, 2.75) is 38.0 Å². The fourth-order valence-electron chi connectivity index (χ4n) is 2.98. The Morgan fingerprint density at radius 2 is 2.20 bits per heavy atom. The van der Waals surface area contributed by atoms with Gasteiger partial charge in [-0.3, -0.25) is 4.90 Å². The molecule has 0 radical (unpaired) electrons. The van der Waals surface area contributed by atoms with Gasteiger partial charge in [0.2, 0.25) is 0 Å². The molecule has 1 aromatic carbocycles. The summed E-state index contributed by atoms with van der Waals surface area (Å²) in [5.41, 5.74) is 7.62. The van der Waals surface area contributed by atoms with Crippen LogP contribution in [0.15, 0.2) is 24.3 Å². The molecule has 1 heterocycles. The van der Waals surface area contributed by atoms with E-state index in [0.717, 1.165) is 31.7 Å². The van der Waals surface area contributed by atoms with Crippen LogP contribution < -0.4 is 10.5 Å². The molecule has 1 saturated heterocycles. The van der Waals surface area contributed by atoms with Crippen molar-refractivity contribution in [1.29, 1.82) is 0 Å². The predicted octanol–water partition coefficient (Wildman–Crippen LogP) is 2.19. The number of likely N-dealkylation sites (tertiary alicyclic amines) is 1. The van der Waals surface area contributed by atoms with Gasteiger partial charge in [-0.05, 0) is 30.5 Å². The molecule has 20 heavy (non-hydrogen) atoms. The van der Waals surface area contributed by atoms with Crippen LogP contribution in [-0.4, -0.2) is 44.4 Å². The molecule has 0 aromatic heterocycles. The summed E-state index contributed by atoms with van der Waals surface area (Å²) in [6, 6.07) is 8.60. The zero-order valence-electron chi connectivity index (χ0n) is 12.7. The average molecular weight is 278 g/mol. The molecular formula is C16H26N2O2. The van der Waals surface area contributed by atoms with E-state index in [1.165, 1.54) is 5.56 Å². The highest BCUT2D eigenvalue weighted by atomic mass is 16.5. The van der Waals surface area contributed by atoms with E-state index in [-0.39, 0.29) is 12.1 Å². The lowest BCUT2D eigenvalue weighted by atomic mass is 9.96. The van der Waals surface area contributed by atoms with Crippen molar-refractivity contribution >= 4 is 0 Å². The first kappa shape index (κ1) is 15.3. The molecule has 1 aliphatic heterocycles. The number of nitrogens with two attached hydrogens (primary N) is 1. The van der Waals surface area contributed by atoms with Gasteiger partial charge in [-0.15, -0.1) is 0 Å². The maximum Gasteiger partial charge on any atom is 0.119 e. The smallest absolute Gasteiger partial charge is 0.119 e. The maximum absolute atomic E-state index is 6.38. The van der Waals surface area contributed by atoms with Crippen molar-refractivity contribution in [2.24, 2.45) is 5.73 Å². The summed E-state index contributed by atoms with van der Waals surface area (Å²) in [4.78, 5) is 2.44. The summed E-state index contributed by atoms with van der Waals surface area (Å²) in [6.07, 6.45) is 2.36. The molecule has 2 N–H and O–H groups in total. The van der Waals surface area contributed by atoms with E-state index in [1.54, 1.807) is 14.2 Å². The Balaban J connectivity index is 2.23. The lowest BCUT2D eigenvalue weighted by molar-refractivity contribution is 0.0971. The first-order chi connectivity index (χ1) is 9.69. The Morgan fingerprint density at radius 1 is 1.40 bits per heavy atom. The topological polar surface area (TPSA) is 47.7 Å². The van der Waals surface area contributed by atoms with Gasteiger partial charge in [-0.25, -0.2) is 0 Å². The molecule has 4 nitrogen and oxygen atoms in total. The highest BCUT2D eigenvalue weighted by Crippen LogP contribution is 2.31. The number of rotatable bonds is 6. The van der Waals surface area contributed by atoms with Crippen molar-refractivity contribution in [3.8, 4) is 5.75 Å². The van der Waals surface area contributed by atoms with Crippen LogP contribution in [0.5, 0.6) is 5.75 Å². The number of ether oxygens (including phenoxy) is 2. The van der Waals surface area contributed by atoms with Gasteiger partial charge in [0.25, 0.3) is 0 Å². The minimum atomic E-state index is 0.123. The van der Waals surface area contributed by atoms with Crippen molar-refractivity contribution in [3.05, 3.63) is 29.8 Å². The van der Waals surface area contributed by atoms with Crippen molar-refractivity contribution in [3.63, 3.8) is 0 Å². The molecule has 0 aliphatic carbocycles. The minimum Gasteiger partial charge on any atom is -0.497 e. The van der Waals surface area contributed by atoms with Crippen LogP contribution in [0.1, 0.15) is 31.4 Å². The third-order valence-electron chi connectivity index (χ3n) is 4.22. The van der Waals surface area contributed by atoms with Crippen LogP contribution in [0.25, 0.3) is 0 Å². The van der Waals surface area contributed by atoms with Crippen molar-refractivity contribution in [1.82, 2.24) is 4.90 Å². The summed E-state index contributed by atoms with van der Waals surface area (Å²) >= 11 is 0. The highest BCUT2D eigenvalue weighted by Gasteiger charge is 2.32. The van der Waals surface area contributed by atoms with Gasteiger partial charge in [0, 0.05) is 26.2 Å². The molecule has 0 bridgehead atoms. The number of hydrogen-bond donors (Lipinski definition) is 1. The molecule has 0 amide bonds. The van der Waals surface area contributed by atoms with Gasteiger partial charge in [-0.1, -0.05) is 19.1 Å². The number of nitrogens with zero attached hydrogens (tertiary/aromatic N) is 1. The first-order valence-electron chi connectivity index (χ1n) is 7.36. The van der Waals surface area contributed by atoms with E-state index in [1.807, 2.05) is 12.1 Å². The van der Waals surface area contributed by atoms with Gasteiger partial charge in [0.05, 0.1) is 19.3 Å². The standard InChI is InChI=1S/C16H26N2O2/c1-4-15(17)16(18-9-8-14(11-18)20-3)12-6-5-7-13(10-12)19-2/h5-7,10,14-16H,4,8-9,11,17H2,1-3H3. The van der Waals surface area contributed by atoms with Crippen LogP contribution in [0, 0.1) is 0 Å². The second-order valence-electron chi connectivity index (χ2n) is 5.43. The van der Waals surface area contributed by atoms with Crippen LogP contribution >= 0.6 is 0 Å². The number of methoxy groups -OCH3 is 2. The molecular weight excluding hydrogens is 252 g/mol.